The summed E-state index contributed by atoms with van der Waals surface area (Å²) >= 11 is 0. The summed E-state index contributed by atoms with van der Waals surface area (Å²) in [6.07, 6.45) is 3.51. The summed E-state index contributed by atoms with van der Waals surface area (Å²) in [5, 5.41) is 1.11. The molecule has 2 heterocycles. The Bertz CT molecular complexity index is 286. The third-order valence-electron chi connectivity index (χ3n) is 1.27. The zero-order valence-electron chi connectivity index (χ0n) is 5.78. The third kappa shape index (κ3) is 1.09. The molecule has 0 atom stereocenters. The third-order valence-corrected chi connectivity index (χ3v) is 1.27. The molecular formula is C7H5LiN2. The number of nitrogens with zero attached hydrogens (tertiary/aromatic N) is 2. The summed E-state index contributed by atoms with van der Waals surface area (Å²) in [5.41, 5.74) is 0.831. The van der Waals surface area contributed by atoms with Gasteiger partial charge in [0.15, 0.2) is 0 Å². The molecule has 3 heteroatoms. The zero-order chi connectivity index (χ0) is 6.10. The largest absolute Gasteiger partial charge is 1.00 e. The van der Waals surface area contributed by atoms with E-state index in [1.54, 1.807) is 12.4 Å². The van der Waals surface area contributed by atoms with Crippen molar-refractivity contribution in [3.05, 3.63) is 30.6 Å². The summed E-state index contributed by atoms with van der Waals surface area (Å²) in [6.45, 7) is 0. The molecule has 0 unspecified atom stereocenters. The molecule has 0 aliphatic heterocycles. The Morgan fingerprint density at radius 2 is 2.20 bits per heavy atom. The molecule has 0 bridgehead atoms. The minimum Gasteiger partial charge on any atom is -0.442 e. The van der Waals surface area contributed by atoms with Gasteiger partial charge in [-0.3, -0.25) is 0 Å². The second kappa shape index (κ2) is 2.92. The minimum atomic E-state index is 0. The van der Waals surface area contributed by atoms with Gasteiger partial charge in [-0.25, -0.2) is 0 Å². The van der Waals surface area contributed by atoms with E-state index in [4.69, 9.17) is 0 Å². The van der Waals surface area contributed by atoms with E-state index in [2.05, 4.69) is 9.97 Å². The van der Waals surface area contributed by atoms with Crippen LogP contribution in [0.25, 0.3) is 11.0 Å². The van der Waals surface area contributed by atoms with Crippen LogP contribution in [-0.2, 0) is 0 Å². The van der Waals surface area contributed by atoms with Crippen molar-refractivity contribution in [2.75, 3.05) is 0 Å². The van der Waals surface area contributed by atoms with Gasteiger partial charge in [0.05, 0.1) is 0 Å². The van der Waals surface area contributed by atoms with Gasteiger partial charge in [-0.1, -0.05) is 36.2 Å². The van der Waals surface area contributed by atoms with Gasteiger partial charge in [0, 0.05) is 0 Å². The van der Waals surface area contributed by atoms with E-state index in [1.807, 2.05) is 18.2 Å². The molecule has 0 spiro atoms. The molecule has 2 aromatic rings. The van der Waals surface area contributed by atoms with E-state index >= 15 is 0 Å². The second-order valence-corrected chi connectivity index (χ2v) is 1.86. The molecule has 10 heavy (non-hydrogen) atoms. The average molecular weight is 124 g/mol. The molecule has 0 aliphatic rings. The predicted octanol–water partition coefficient (Wildman–Crippen LogP) is -1.80. The topological polar surface area (TPSA) is 27.0 Å². The molecule has 2 rings (SSSR count). The van der Waals surface area contributed by atoms with Gasteiger partial charge in [0.2, 0.25) is 0 Å². The molecule has 0 saturated heterocycles. The van der Waals surface area contributed by atoms with Crippen LogP contribution < -0.4 is 23.8 Å². The fourth-order valence-corrected chi connectivity index (χ4v) is 0.836. The number of aromatic nitrogens is 2. The van der Waals surface area contributed by atoms with Gasteiger partial charge in [-0.15, -0.1) is 0 Å². The van der Waals surface area contributed by atoms with Gasteiger partial charge in [0.1, 0.15) is 0 Å². The van der Waals surface area contributed by atoms with Crippen molar-refractivity contribution in [3.63, 3.8) is 0 Å². The Hall–Kier alpha value is -0.713. The van der Waals surface area contributed by atoms with E-state index < -0.39 is 0 Å². The van der Waals surface area contributed by atoms with Crippen molar-refractivity contribution in [2.24, 2.45) is 0 Å². The Kier molecular flexibility index (Phi) is 2.16. The van der Waals surface area contributed by atoms with Crippen molar-refractivity contribution in [1.29, 1.82) is 0 Å². The molecule has 0 fully saturated rings. The Balaban J connectivity index is 0.000000500. The van der Waals surface area contributed by atoms with E-state index in [9.17, 15) is 0 Å². The van der Waals surface area contributed by atoms with Crippen LogP contribution in [0, 0.1) is 0 Å². The molecule has 0 aromatic carbocycles. The molecule has 0 aliphatic carbocycles. The van der Waals surface area contributed by atoms with Crippen LogP contribution in [0.1, 0.15) is 0 Å². The van der Waals surface area contributed by atoms with Crippen LogP contribution in [0.4, 0.5) is 0 Å². The summed E-state index contributed by atoms with van der Waals surface area (Å²) in [7, 11) is 0. The van der Waals surface area contributed by atoms with Crippen LogP contribution in [0.3, 0.4) is 0 Å². The molecule has 0 radical (unpaired) electrons. The number of rotatable bonds is 0. The molecule has 44 valence electrons. The summed E-state index contributed by atoms with van der Waals surface area (Å²) in [4.78, 5) is 8.04. The van der Waals surface area contributed by atoms with Crippen LogP contribution in [0.2, 0.25) is 0 Å². The Morgan fingerprint density at radius 1 is 1.30 bits per heavy atom. The molecule has 2 nitrogen and oxygen atoms in total. The second-order valence-electron chi connectivity index (χ2n) is 1.86. The smallest absolute Gasteiger partial charge is 0.442 e. The number of pyridine rings is 1. The molecule has 2 aromatic heterocycles. The number of hydrogen-bond donors (Lipinski definition) is 0. The Labute approximate surface area is 70.8 Å². The van der Waals surface area contributed by atoms with Crippen molar-refractivity contribution in [2.45, 2.75) is 0 Å². The minimum absolute atomic E-state index is 0. The van der Waals surface area contributed by atoms with Crippen molar-refractivity contribution in [3.8, 4) is 0 Å². The van der Waals surface area contributed by atoms with Gasteiger partial charge >= 0.3 is 18.9 Å². The average Bonchev–Trinajstić information content (AvgIpc) is 2.33. The van der Waals surface area contributed by atoms with Crippen LogP contribution in [0.5, 0.6) is 0 Å². The standard InChI is InChI=1S/C7H5N2.Li/c1-2-6-3-5-9-7(6)8-4-1;/h1-5H;/q-1;+1. The van der Waals surface area contributed by atoms with Crippen molar-refractivity contribution >= 4 is 11.0 Å². The SMILES string of the molecule is [Li+].c1cnc2[n-]ccc2c1. The maximum absolute atomic E-state index is 4.03. The van der Waals surface area contributed by atoms with Gasteiger partial charge < -0.3 is 9.97 Å². The van der Waals surface area contributed by atoms with Crippen molar-refractivity contribution in [1.82, 2.24) is 9.97 Å². The summed E-state index contributed by atoms with van der Waals surface area (Å²) in [6, 6.07) is 5.85. The van der Waals surface area contributed by atoms with E-state index in [0.29, 0.717) is 0 Å². The molecular weight excluding hydrogens is 119 g/mol. The maximum atomic E-state index is 4.03. The first kappa shape index (κ1) is 7.40. The monoisotopic (exact) mass is 124 g/mol. The summed E-state index contributed by atoms with van der Waals surface area (Å²) < 4.78 is 0. The first-order valence-corrected chi connectivity index (χ1v) is 2.79. The summed E-state index contributed by atoms with van der Waals surface area (Å²) in [5.74, 6) is 0. The van der Waals surface area contributed by atoms with Crippen LogP contribution >= 0.6 is 0 Å². The van der Waals surface area contributed by atoms with Crippen LogP contribution in [-0.4, -0.2) is 4.98 Å². The van der Waals surface area contributed by atoms with E-state index in [0.717, 1.165) is 11.0 Å². The normalized spacial score (nSPS) is 9.20. The Morgan fingerprint density at radius 3 is 3.00 bits per heavy atom. The molecule has 0 amide bonds. The van der Waals surface area contributed by atoms with Gasteiger partial charge in [-0.2, -0.15) is 0 Å². The first-order chi connectivity index (χ1) is 4.47. The predicted molar refractivity (Wildman–Crippen MR) is 35.1 cm³/mol. The van der Waals surface area contributed by atoms with E-state index in [1.165, 1.54) is 0 Å². The maximum Gasteiger partial charge on any atom is 1.00 e. The number of hydrogen-bond acceptors (Lipinski definition) is 1. The molecule has 0 N–H and O–H groups in total. The molecule has 0 saturated carbocycles. The van der Waals surface area contributed by atoms with E-state index in [-0.39, 0.29) is 18.9 Å². The zero-order valence-corrected chi connectivity index (χ0v) is 5.78. The van der Waals surface area contributed by atoms with Crippen molar-refractivity contribution < 1.29 is 18.9 Å². The number of fused-ring (bicyclic) bond motifs is 1. The van der Waals surface area contributed by atoms with Crippen LogP contribution in [0.15, 0.2) is 30.6 Å². The fourth-order valence-electron chi connectivity index (χ4n) is 0.836. The quantitative estimate of drug-likeness (QED) is 0.387. The van der Waals surface area contributed by atoms with Gasteiger partial charge in [0.25, 0.3) is 0 Å². The van der Waals surface area contributed by atoms with Gasteiger partial charge in [-0.05, 0) is 5.39 Å². The fraction of sp³-hybridized carbons (Fsp3) is 0. The first-order valence-electron chi connectivity index (χ1n) is 2.79.